The van der Waals surface area contributed by atoms with Gasteiger partial charge in [0.1, 0.15) is 17.1 Å². The molecular weight excluding hydrogens is 396 g/mol. The molecular formula is C24H26N2O5. The fourth-order valence-electron chi connectivity index (χ4n) is 4.30. The number of methoxy groups -OCH3 is 1. The number of carbonyl (C=O) groups is 2. The van der Waals surface area contributed by atoms with Gasteiger partial charge >= 0.3 is 0 Å². The number of ether oxygens (including phenoxy) is 2. The van der Waals surface area contributed by atoms with E-state index in [-0.39, 0.29) is 5.78 Å². The van der Waals surface area contributed by atoms with E-state index < -0.39 is 11.5 Å². The summed E-state index contributed by atoms with van der Waals surface area (Å²) < 4.78 is 11.8. The number of fused-ring (bicyclic) bond motifs is 1. The number of rotatable bonds is 5. The molecule has 31 heavy (non-hydrogen) atoms. The fourth-order valence-corrected chi connectivity index (χ4v) is 4.30. The van der Waals surface area contributed by atoms with Crippen molar-refractivity contribution in [3.63, 3.8) is 0 Å². The molecule has 0 atom stereocenters. The number of likely N-dealkylation sites (tertiary alicyclic amines) is 1. The quantitative estimate of drug-likeness (QED) is 0.437. The van der Waals surface area contributed by atoms with Crippen LogP contribution in [0, 0.1) is 0 Å². The minimum atomic E-state index is -0.626. The van der Waals surface area contributed by atoms with Crippen molar-refractivity contribution in [3.05, 3.63) is 65.2 Å². The van der Waals surface area contributed by atoms with E-state index >= 15 is 0 Å². The molecule has 2 aromatic rings. The number of nitrogens with one attached hydrogen (secondary N) is 1. The second-order valence-corrected chi connectivity index (χ2v) is 8.04. The third kappa shape index (κ3) is 4.62. The third-order valence-corrected chi connectivity index (χ3v) is 6.00. The van der Waals surface area contributed by atoms with Crippen molar-refractivity contribution in [1.29, 1.82) is 0 Å². The van der Waals surface area contributed by atoms with Crippen LogP contribution in [0.5, 0.6) is 11.5 Å². The molecule has 7 heteroatoms. The Labute approximate surface area is 181 Å². The summed E-state index contributed by atoms with van der Waals surface area (Å²) in [5.74, 6) is 0.917. The van der Waals surface area contributed by atoms with E-state index in [9.17, 15) is 9.59 Å². The van der Waals surface area contributed by atoms with Crippen molar-refractivity contribution in [2.75, 3.05) is 20.2 Å². The molecule has 7 nitrogen and oxygen atoms in total. The third-order valence-electron chi connectivity index (χ3n) is 6.00. The molecule has 2 aliphatic rings. The fraction of sp³-hybridized carbons (Fsp3) is 0.333. The monoisotopic (exact) mass is 422 g/mol. The molecule has 2 heterocycles. The highest BCUT2D eigenvalue weighted by Crippen LogP contribution is 2.40. The minimum absolute atomic E-state index is 0.0567. The number of amides is 1. The standard InChI is InChI=1S/C24H26N2O5/c1-30-21-5-3-2-4-18(21)16-26-12-10-24(11-13-26)15-20(27)19-14-17(6-8-22(19)31-24)7-9-23(28)25-29/h2-9,14,29H,10-13,15-16H2,1H3,(H,25,28)/b9-7+. The number of piperidine rings is 1. The SMILES string of the molecule is COc1ccccc1CN1CCC2(CC1)CC(=O)c1cc(/C=C/C(=O)NO)ccc1O2. The van der Waals surface area contributed by atoms with Gasteiger partial charge in [0, 0.05) is 44.1 Å². The van der Waals surface area contributed by atoms with Crippen molar-refractivity contribution in [2.45, 2.75) is 31.4 Å². The molecule has 1 saturated heterocycles. The maximum Gasteiger partial charge on any atom is 0.267 e. The molecule has 0 aromatic heterocycles. The zero-order valence-corrected chi connectivity index (χ0v) is 17.5. The molecule has 0 aliphatic carbocycles. The zero-order valence-electron chi connectivity index (χ0n) is 17.5. The van der Waals surface area contributed by atoms with Crippen LogP contribution in [0.3, 0.4) is 0 Å². The summed E-state index contributed by atoms with van der Waals surface area (Å²) in [6, 6.07) is 13.3. The van der Waals surface area contributed by atoms with Crippen LogP contribution in [-0.2, 0) is 11.3 Å². The Balaban J connectivity index is 1.43. The number of hydrogen-bond acceptors (Lipinski definition) is 6. The lowest BCUT2D eigenvalue weighted by molar-refractivity contribution is -0.124. The normalized spacial score (nSPS) is 17.9. The van der Waals surface area contributed by atoms with Gasteiger partial charge in [-0.1, -0.05) is 24.3 Å². The molecule has 4 rings (SSSR count). The summed E-state index contributed by atoms with van der Waals surface area (Å²) in [6.45, 7) is 2.50. The van der Waals surface area contributed by atoms with E-state index in [1.54, 1.807) is 36.9 Å². The van der Waals surface area contributed by atoms with Crippen LogP contribution < -0.4 is 15.0 Å². The number of hydrogen-bond donors (Lipinski definition) is 2. The molecule has 0 unspecified atom stereocenters. The molecule has 0 bridgehead atoms. The van der Waals surface area contributed by atoms with Crippen molar-refractivity contribution >= 4 is 17.8 Å². The highest BCUT2D eigenvalue weighted by Gasteiger charge is 2.42. The zero-order chi connectivity index (χ0) is 21.8. The molecule has 1 fully saturated rings. The van der Waals surface area contributed by atoms with Crippen LogP contribution >= 0.6 is 0 Å². The van der Waals surface area contributed by atoms with Gasteiger partial charge in [-0.05, 0) is 29.8 Å². The maximum absolute atomic E-state index is 12.9. The van der Waals surface area contributed by atoms with Gasteiger partial charge in [-0.3, -0.25) is 19.7 Å². The smallest absolute Gasteiger partial charge is 0.267 e. The van der Waals surface area contributed by atoms with Crippen LogP contribution in [0.2, 0.25) is 0 Å². The lowest BCUT2D eigenvalue weighted by Gasteiger charge is -2.44. The van der Waals surface area contributed by atoms with Crippen molar-refractivity contribution in [3.8, 4) is 11.5 Å². The first-order chi connectivity index (χ1) is 15.0. The largest absolute Gasteiger partial charge is 0.496 e. The van der Waals surface area contributed by atoms with Gasteiger partial charge in [0.15, 0.2) is 5.78 Å². The molecule has 1 amide bonds. The van der Waals surface area contributed by atoms with E-state index in [1.165, 1.54) is 6.08 Å². The Bertz CT molecular complexity index is 1010. The molecule has 0 saturated carbocycles. The number of hydroxylamine groups is 1. The van der Waals surface area contributed by atoms with E-state index in [2.05, 4.69) is 11.0 Å². The first-order valence-corrected chi connectivity index (χ1v) is 10.3. The second kappa shape index (κ2) is 8.91. The second-order valence-electron chi connectivity index (χ2n) is 8.04. The summed E-state index contributed by atoms with van der Waals surface area (Å²) in [6.07, 6.45) is 4.67. The van der Waals surface area contributed by atoms with E-state index in [4.69, 9.17) is 14.7 Å². The van der Waals surface area contributed by atoms with E-state index in [1.807, 2.05) is 18.2 Å². The number of ketones is 1. The van der Waals surface area contributed by atoms with Gasteiger partial charge in [-0.15, -0.1) is 0 Å². The van der Waals surface area contributed by atoms with Crippen molar-refractivity contribution in [1.82, 2.24) is 10.4 Å². The van der Waals surface area contributed by atoms with Crippen molar-refractivity contribution in [2.24, 2.45) is 0 Å². The number of Topliss-reactive ketones (excluding diaryl/α,β-unsaturated/α-hetero) is 1. The molecule has 2 aliphatic heterocycles. The van der Waals surface area contributed by atoms with Crippen LogP contribution in [0.25, 0.3) is 6.08 Å². The van der Waals surface area contributed by atoms with Crippen LogP contribution in [0.15, 0.2) is 48.5 Å². The number of nitrogens with zero attached hydrogens (tertiary/aromatic N) is 1. The number of para-hydroxylation sites is 1. The predicted octanol–water partition coefficient (Wildman–Crippen LogP) is 3.21. The predicted molar refractivity (Wildman–Crippen MR) is 115 cm³/mol. The summed E-state index contributed by atoms with van der Waals surface area (Å²) in [5.41, 5.74) is 3.47. The Morgan fingerprint density at radius 1 is 1.26 bits per heavy atom. The lowest BCUT2D eigenvalue weighted by atomic mass is 9.82. The topological polar surface area (TPSA) is 88.1 Å². The Kier molecular flexibility index (Phi) is 6.06. The summed E-state index contributed by atoms with van der Waals surface area (Å²) in [5, 5.41) is 8.58. The van der Waals surface area contributed by atoms with Gasteiger partial charge in [0.2, 0.25) is 0 Å². The lowest BCUT2D eigenvalue weighted by Crippen LogP contribution is -2.50. The molecule has 162 valence electrons. The Morgan fingerprint density at radius 3 is 2.77 bits per heavy atom. The molecule has 2 N–H and O–H groups in total. The molecule has 1 spiro atoms. The Morgan fingerprint density at radius 2 is 2.03 bits per heavy atom. The van der Waals surface area contributed by atoms with E-state index in [0.717, 1.165) is 43.8 Å². The summed E-state index contributed by atoms with van der Waals surface area (Å²) >= 11 is 0. The van der Waals surface area contributed by atoms with Crippen LogP contribution in [0.4, 0.5) is 0 Å². The van der Waals surface area contributed by atoms with Gasteiger partial charge in [-0.2, -0.15) is 0 Å². The average Bonchev–Trinajstić information content (AvgIpc) is 2.79. The van der Waals surface area contributed by atoms with Crippen molar-refractivity contribution < 1.29 is 24.3 Å². The summed E-state index contributed by atoms with van der Waals surface area (Å²) in [4.78, 5) is 26.4. The van der Waals surface area contributed by atoms with Gasteiger partial charge in [0.25, 0.3) is 5.91 Å². The number of benzene rings is 2. The van der Waals surface area contributed by atoms with Gasteiger partial charge in [-0.25, -0.2) is 5.48 Å². The number of carbonyl (C=O) groups excluding carboxylic acids is 2. The minimum Gasteiger partial charge on any atom is -0.496 e. The van der Waals surface area contributed by atoms with Crippen LogP contribution in [0.1, 0.15) is 40.7 Å². The van der Waals surface area contributed by atoms with Gasteiger partial charge < -0.3 is 9.47 Å². The highest BCUT2D eigenvalue weighted by atomic mass is 16.5. The van der Waals surface area contributed by atoms with Gasteiger partial charge in [0.05, 0.1) is 19.1 Å². The molecule has 2 aromatic carbocycles. The summed E-state index contributed by atoms with van der Waals surface area (Å²) in [7, 11) is 1.69. The Hall–Kier alpha value is -3.16. The van der Waals surface area contributed by atoms with Crippen LogP contribution in [-0.4, -0.2) is 47.6 Å². The maximum atomic E-state index is 12.9. The first kappa shape index (κ1) is 21.1. The highest BCUT2D eigenvalue weighted by molar-refractivity contribution is 6.01. The molecule has 0 radical (unpaired) electrons. The first-order valence-electron chi connectivity index (χ1n) is 10.3. The van der Waals surface area contributed by atoms with E-state index in [0.29, 0.717) is 23.3 Å². The average molecular weight is 422 g/mol.